The molecule has 1 fully saturated rings. The Morgan fingerprint density at radius 3 is 2.71 bits per heavy atom. The third-order valence-corrected chi connectivity index (χ3v) is 3.61. The smallest absolute Gasteiger partial charge is 0.0546 e. The highest BCUT2D eigenvalue weighted by Crippen LogP contribution is 2.30. The molecule has 0 amide bonds. The molecule has 1 aliphatic rings. The van der Waals surface area contributed by atoms with Crippen LogP contribution in [0.4, 0.5) is 5.69 Å². The number of aliphatic hydroxyl groups is 1. The van der Waals surface area contributed by atoms with Crippen molar-refractivity contribution in [2.75, 3.05) is 18.5 Å². The van der Waals surface area contributed by atoms with E-state index in [9.17, 15) is 5.11 Å². The van der Waals surface area contributed by atoms with Crippen LogP contribution >= 0.6 is 0 Å². The van der Waals surface area contributed by atoms with E-state index in [1.807, 2.05) is 0 Å². The second kappa shape index (κ2) is 5.07. The third kappa shape index (κ3) is 2.79. The molecule has 0 aliphatic heterocycles. The summed E-state index contributed by atoms with van der Waals surface area (Å²) in [6.45, 7) is 3.67. The molecule has 0 aromatic heterocycles. The summed E-state index contributed by atoms with van der Waals surface area (Å²) in [5.41, 5.74) is 9.46. The van der Waals surface area contributed by atoms with E-state index >= 15 is 0 Å². The lowest BCUT2D eigenvalue weighted by Gasteiger charge is -2.35. The molecule has 1 aliphatic carbocycles. The molecule has 3 heteroatoms. The molecule has 1 aromatic carbocycles. The Hall–Kier alpha value is -1.06. The molecular weight excluding hydrogens is 212 g/mol. The summed E-state index contributed by atoms with van der Waals surface area (Å²) in [6, 6.07) is 6.43. The first-order valence-corrected chi connectivity index (χ1v) is 6.29. The van der Waals surface area contributed by atoms with E-state index in [0.29, 0.717) is 12.5 Å². The van der Waals surface area contributed by atoms with Gasteiger partial charge in [-0.3, -0.25) is 0 Å². The quantitative estimate of drug-likeness (QED) is 0.833. The number of anilines is 1. The van der Waals surface area contributed by atoms with Crippen LogP contribution in [0.2, 0.25) is 0 Å². The number of benzene rings is 1. The topological polar surface area (TPSA) is 49.5 Å². The Kier molecular flexibility index (Phi) is 3.69. The van der Waals surface area contributed by atoms with Crippen LogP contribution in [-0.4, -0.2) is 24.8 Å². The van der Waals surface area contributed by atoms with Gasteiger partial charge in [-0.1, -0.05) is 17.7 Å². The standard InChI is InChI=1S/C14H22N2O/c1-10-3-4-14(12(5-10)8-15)16(2)9-11-6-13(17)7-11/h3-5,11,13,17H,6-9,15H2,1-2H3. The van der Waals surface area contributed by atoms with Gasteiger partial charge in [0.1, 0.15) is 0 Å². The zero-order valence-electron chi connectivity index (χ0n) is 10.7. The van der Waals surface area contributed by atoms with Gasteiger partial charge in [0.25, 0.3) is 0 Å². The average molecular weight is 234 g/mol. The molecule has 1 aromatic rings. The summed E-state index contributed by atoms with van der Waals surface area (Å²) in [6.07, 6.45) is 1.81. The maximum absolute atomic E-state index is 9.30. The van der Waals surface area contributed by atoms with Crippen LogP contribution in [0, 0.1) is 12.8 Å². The van der Waals surface area contributed by atoms with Crippen molar-refractivity contribution in [1.29, 1.82) is 0 Å². The second-order valence-electron chi connectivity index (χ2n) is 5.21. The van der Waals surface area contributed by atoms with Gasteiger partial charge in [0.2, 0.25) is 0 Å². The molecule has 17 heavy (non-hydrogen) atoms. The fraction of sp³-hybridized carbons (Fsp3) is 0.571. The van der Waals surface area contributed by atoms with E-state index in [-0.39, 0.29) is 6.10 Å². The summed E-state index contributed by atoms with van der Waals surface area (Å²) in [5, 5.41) is 9.30. The average Bonchev–Trinajstić information content (AvgIpc) is 2.26. The molecule has 0 atom stereocenters. The summed E-state index contributed by atoms with van der Waals surface area (Å²) < 4.78 is 0. The first kappa shape index (κ1) is 12.4. The minimum Gasteiger partial charge on any atom is -0.393 e. The SMILES string of the molecule is Cc1ccc(N(C)CC2CC(O)C2)c(CN)c1. The van der Waals surface area contributed by atoms with Gasteiger partial charge >= 0.3 is 0 Å². The zero-order chi connectivity index (χ0) is 12.4. The summed E-state index contributed by atoms with van der Waals surface area (Å²) in [5.74, 6) is 0.627. The minimum atomic E-state index is -0.0691. The van der Waals surface area contributed by atoms with Crippen molar-refractivity contribution < 1.29 is 5.11 Å². The summed E-state index contributed by atoms with van der Waals surface area (Å²) in [4.78, 5) is 2.26. The molecule has 3 nitrogen and oxygen atoms in total. The highest BCUT2D eigenvalue weighted by Gasteiger charge is 2.28. The molecule has 2 rings (SSSR count). The van der Waals surface area contributed by atoms with Gasteiger partial charge in [0.15, 0.2) is 0 Å². The van der Waals surface area contributed by atoms with Crippen LogP contribution < -0.4 is 10.6 Å². The summed E-state index contributed by atoms with van der Waals surface area (Å²) in [7, 11) is 2.11. The largest absolute Gasteiger partial charge is 0.393 e. The molecule has 0 spiro atoms. The van der Waals surface area contributed by atoms with Crippen LogP contribution in [0.5, 0.6) is 0 Å². The minimum absolute atomic E-state index is 0.0691. The van der Waals surface area contributed by atoms with Crippen molar-refractivity contribution in [3.05, 3.63) is 29.3 Å². The van der Waals surface area contributed by atoms with E-state index < -0.39 is 0 Å². The first-order chi connectivity index (χ1) is 8.10. The lowest BCUT2D eigenvalue weighted by atomic mass is 9.82. The predicted molar refractivity (Wildman–Crippen MR) is 71.1 cm³/mol. The van der Waals surface area contributed by atoms with Gasteiger partial charge in [0, 0.05) is 25.8 Å². The number of nitrogens with two attached hydrogens (primary N) is 1. The van der Waals surface area contributed by atoms with Crippen molar-refractivity contribution in [2.24, 2.45) is 11.7 Å². The van der Waals surface area contributed by atoms with Crippen LogP contribution in [0.1, 0.15) is 24.0 Å². The lowest BCUT2D eigenvalue weighted by molar-refractivity contribution is 0.0464. The van der Waals surface area contributed by atoms with E-state index in [1.165, 1.54) is 16.8 Å². The van der Waals surface area contributed by atoms with Crippen LogP contribution in [-0.2, 0) is 6.54 Å². The van der Waals surface area contributed by atoms with E-state index in [0.717, 1.165) is 19.4 Å². The zero-order valence-corrected chi connectivity index (χ0v) is 10.7. The fourth-order valence-electron chi connectivity index (χ4n) is 2.59. The number of hydrogen-bond acceptors (Lipinski definition) is 3. The Labute approximate surface area is 103 Å². The Morgan fingerprint density at radius 1 is 1.41 bits per heavy atom. The normalized spacial score (nSPS) is 23.3. The Morgan fingerprint density at radius 2 is 2.12 bits per heavy atom. The van der Waals surface area contributed by atoms with Gasteiger partial charge in [-0.25, -0.2) is 0 Å². The maximum Gasteiger partial charge on any atom is 0.0546 e. The Bertz CT molecular complexity index is 386. The third-order valence-electron chi connectivity index (χ3n) is 3.61. The van der Waals surface area contributed by atoms with Gasteiger partial charge in [0.05, 0.1) is 6.10 Å². The first-order valence-electron chi connectivity index (χ1n) is 6.29. The molecule has 1 saturated carbocycles. The fourth-order valence-corrected chi connectivity index (χ4v) is 2.59. The molecule has 0 saturated heterocycles. The Balaban J connectivity index is 2.05. The van der Waals surface area contributed by atoms with E-state index in [1.54, 1.807) is 0 Å². The number of aliphatic hydroxyl groups excluding tert-OH is 1. The van der Waals surface area contributed by atoms with Crippen molar-refractivity contribution in [1.82, 2.24) is 0 Å². The molecule has 3 N–H and O–H groups in total. The number of aryl methyl sites for hydroxylation is 1. The van der Waals surface area contributed by atoms with Gasteiger partial charge in [-0.2, -0.15) is 0 Å². The van der Waals surface area contributed by atoms with Gasteiger partial charge in [-0.15, -0.1) is 0 Å². The number of nitrogens with zero attached hydrogens (tertiary/aromatic N) is 1. The molecule has 0 bridgehead atoms. The van der Waals surface area contributed by atoms with Crippen molar-refractivity contribution in [3.8, 4) is 0 Å². The van der Waals surface area contributed by atoms with Crippen LogP contribution in [0.3, 0.4) is 0 Å². The van der Waals surface area contributed by atoms with Crippen LogP contribution in [0.25, 0.3) is 0 Å². The highest BCUT2D eigenvalue weighted by molar-refractivity contribution is 5.54. The predicted octanol–water partition coefficient (Wildman–Crippen LogP) is 1.66. The van der Waals surface area contributed by atoms with Gasteiger partial charge in [-0.05, 0) is 37.3 Å². The molecule has 0 unspecified atom stereocenters. The lowest BCUT2D eigenvalue weighted by Crippen LogP contribution is -2.37. The second-order valence-corrected chi connectivity index (χ2v) is 5.21. The molecule has 0 heterocycles. The van der Waals surface area contributed by atoms with E-state index in [2.05, 4.69) is 37.1 Å². The van der Waals surface area contributed by atoms with Crippen molar-refractivity contribution >= 4 is 5.69 Å². The molecular formula is C14H22N2O. The highest BCUT2D eigenvalue weighted by atomic mass is 16.3. The van der Waals surface area contributed by atoms with Crippen molar-refractivity contribution in [2.45, 2.75) is 32.4 Å². The monoisotopic (exact) mass is 234 g/mol. The van der Waals surface area contributed by atoms with E-state index in [4.69, 9.17) is 5.73 Å². The van der Waals surface area contributed by atoms with Crippen molar-refractivity contribution in [3.63, 3.8) is 0 Å². The van der Waals surface area contributed by atoms with Gasteiger partial charge < -0.3 is 15.7 Å². The molecule has 0 radical (unpaired) electrons. The van der Waals surface area contributed by atoms with Crippen LogP contribution in [0.15, 0.2) is 18.2 Å². The maximum atomic E-state index is 9.30. The summed E-state index contributed by atoms with van der Waals surface area (Å²) >= 11 is 0. The number of rotatable bonds is 4. The molecule has 94 valence electrons. The number of hydrogen-bond donors (Lipinski definition) is 2.